The third-order valence-corrected chi connectivity index (χ3v) is 5.92. The summed E-state index contributed by atoms with van der Waals surface area (Å²) in [5, 5.41) is 8.79. The lowest BCUT2D eigenvalue weighted by molar-refractivity contribution is -0.139. The zero-order valence-corrected chi connectivity index (χ0v) is 13.1. The molecule has 0 aromatic heterocycles. The number of hydrogen-bond donors (Lipinski definition) is 1. The molecule has 110 valence electrons. The molecule has 0 unspecified atom stereocenters. The van der Waals surface area contributed by atoms with Crippen LogP contribution in [0, 0.1) is 5.92 Å². The molecule has 0 radical (unpaired) electrons. The van der Waals surface area contributed by atoms with Gasteiger partial charge in [0.25, 0.3) is 0 Å². The van der Waals surface area contributed by atoms with Crippen LogP contribution in [0.2, 0.25) is 15.1 Å². The highest BCUT2D eigenvalue weighted by Crippen LogP contribution is 2.37. The van der Waals surface area contributed by atoms with Crippen molar-refractivity contribution >= 4 is 50.8 Å². The van der Waals surface area contributed by atoms with Crippen LogP contribution in [0.4, 0.5) is 0 Å². The summed E-state index contributed by atoms with van der Waals surface area (Å²) in [6.07, 6.45) is -0.0614. The number of aliphatic carboxylic acids is 1. The van der Waals surface area contributed by atoms with Gasteiger partial charge in [-0.1, -0.05) is 34.8 Å². The fraction of sp³-hybridized carbons (Fsp3) is 0.364. The van der Waals surface area contributed by atoms with Gasteiger partial charge in [0.2, 0.25) is 10.0 Å². The molecule has 1 saturated heterocycles. The molecule has 1 aromatic rings. The van der Waals surface area contributed by atoms with Crippen LogP contribution in [0.5, 0.6) is 0 Å². The van der Waals surface area contributed by atoms with Crippen LogP contribution in [0.25, 0.3) is 0 Å². The van der Waals surface area contributed by atoms with Gasteiger partial charge >= 0.3 is 5.97 Å². The van der Waals surface area contributed by atoms with E-state index in [-0.39, 0.29) is 45.4 Å². The summed E-state index contributed by atoms with van der Waals surface area (Å²) in [7, 11) is -3.83. The maximum absolute atomic E-state index is 12.4. The van der Waals surface area contributed by atoms with E-state index < -0.39 is 16.0 Å². The molecule has 2 rings (SSSR count). The first-order chi connectivity index (χ1) is 9.21. The summed E-state index contributed by atoms with van der Waals surface area (Å²) in [6, 6.07) is 2.60. The lowest BCUT2D eigenvalue weighted by Crippen LogP contribution is -2.50. The van der Waals surface area contributed by atoms with Gasteiger partial charge in [-0.15, -0.1) is 0 Å². The topological polar surface area (TPSA) is 74.7 Å². The number of carboxylic acids is 1. The van der Waals surface area contributed by atoms with Crippen LogP contribution in [0.15, 0.2) is 17.0 Å². The third kappa shape index (κ3) is 3.04. The van der Waals surface area contributed by atoms with Crippen LogP contribution in [-0.2, 0) is 14.8 Å². The van der Waals surface area contributed by atoms with Crippen LogP contribution in [0.1, 0.15) is 6.42 Å². The van der Waals surface area contributed by atoms with Gasteiger partial charge in [0.15, 0.2) is 0 Å². The molecular weight excluding hydrogens is 349 g/mol. The zero-order valence-electron chi connectivity index (χ0n) is 10.0. The molecule has 9 heteroatoms. The molecule has 0 bridgehead atoms. The van der Waals surface area contributed by atoms with Gasteiger partial charge in [0.1, 0.15) is 4.90 Å². The summed E-state index contributed by atoms with van der Waals surface area (Å²) in [5.41, 5.74) is 0. The second-order valence-corrected chi connectivity index (χ2v) is 7.61. The van der Waals surface area contributed by atoms with E-state index >= 15 is 0 Å². The van der Waals surface area contributed by atoms with Gasteiger partial charge in [-0.05, 0) is 18.1 Å². The van der Waals surface area contributed by atoms with E-state index in [1.807, 2.05) is 0 Å². The summed E-state index contributed by atoms with van der Waals surface area (Å²) < 4.78 is 25.9. The normalized spacial score (nSPS) is 16.9. The molecule has 1 aromatic carbocycles. The number of nitrogens with zero attached hydrogens (tertiary/aromatic N) is 1. The van der Waals surface area contributed by atoms with Crippen molar-refractivity contribution in [1.29, 1.82) is 0 Å². The molecule has 1 aliphatic rings. The van der Waals surface area contributed by atoms with E-state index in [1.165, 1.54) is 12.1 Å². The van der Waals surface area contributed by atoms with Crippen LogP contribution < -0.4 is 0 Å². The fourth-order valence-electron chi connectivity index (χ4n) is 2.00. The Morgan fingerprint density at radius 2 is 1.75 bits per heavy atom. The predicted octanol–water partition coefficient (Wildman–Crippen LogP) is 2.74. The van der Waals surface area contributed by atoms with Crippen molar-refractivity contribution in [2.24, 2.45) is 5.92 Å². The zero-order chi connectivity index (χ0) is 15.1. The summed E-state index contributed by atoms with van der Waals surface area (Å²) >= 11 is 17.5. The van der Waals surface area contributed by atoms with Crippen LogP contribution >= 0.6 is 34.8 Å². The van der Waals surface area contributed by atoms with Crippen LogP contribution in [0.3, 0.4) is 0 Å². The molecule has 20 heavy (non-hydrogen) atoms. The number of carbonyl (C=O) groups is 1. The quantitative estimate of drug-likeness (QED) is 0.898. The highest BCUT2D eigenvalue weighted by molar-refractivity contribution is 7.89. The molecule has 0 aliphatic carbocycles. The summed E-state index contributed by atoms with van der Waals surface area (Å²) in [5.74, 6) is -1.14. The molecule has 1 N–H and O–H groups in total. The Balaban J connectivity index is 2.23. The molecule has 1 fully saturated rings. The largest absolute Gasteiger partial charge is 0.481 e. The smallest absolute Gasteiger partial charge is 0.303 e. The SMILES string of the molecule is O=C(O)CC1CN(S(=O)(=O)c2c(Cl)cc(Cl)cc2Cl)C1. The average Bonchev–Trinajstić information content (AvgIpc) is 2.19. The Hall–Kier alpha value is -0.530. The Morgan fingerprint density at radius 1 is 1.25 bits per heavy atom. The molecule has 1 heterocycles. The third-order valence-electron chi connectivity index (χ3n) is 2.95. The van der Waals surface area contributed by atoms with Crippen LogP contribution in [-0.4, -0.2) is 36.9 Å². The monoisotopic (exact) mass is 357 g/mol. The molecule has 1 aliphatic heterocycles. The fourth-order valence-corrected chi connectivity index (χ4v) is 5.08. The van der Waals surface area contributed by atoms with E-state index in [4.69, 9.17) is 39.9 Å². The Kier molecular flexibility index (Phi) is 4.51. The number of rotatable bonds is 4. The first-order valence-electron chi connectivity index (χ1n) is 5.58. The van der Waals surface area contributed by atoms with Crippen molar-refractivity contribution < 1.29 is 18.3 Å². The lowest BCUT2D eigenvalue weighted by atomic mass is 10.00. The van der Waals surface area contributed by atoms with E-state index in [9.17, 15) is 13.2 Å². The van der Waals surface area contributed by atoms with Crippen molar-refractivity contribution in [2.75, 3.05) is 13.1 Å². The number of sulfonamides is 1. The average molecular weight is 359 g/mol. The van der Waals surface area contributed by atoms with E-state index in [0.717, 1.165) is 4.31 Å². The Morgan fingerprint density at radius 3 is 2.20 bits per heavy atom. The highest BCUT2D eigenvalue weighted by Gasteiger charge is 2.39. The molecule has 0 atom stereocenters. The Labute approximate surface area is 131 Å². The first-order valence-corrected chi connectivity index (χ1v) is 8.15. The van der Waals surface area contributed by atoms with Crippen molar-refractivity contribution in [1.82, 2.24) is 4.31 Å². The number of carboxylic acid groups (broad SMARTS) is 1. The van der Waals surface area contributed by atoms with Gasteiger partial charge in [-0.25, -0.2) is 8.42 Å². The standard InChI is InChI=1S/C11H10Cl3NO4S/c12-7-2-8(13)11(9(14)3-7)20(18,19)15-4-6(5-15)1-10(16)17/h2-3,6H,1,4-5H2,(H,16,17). The lowest BCUT2D eigenvalue weighted by Gasteiger charge is -2.37. The van der Waals surface area contributed by atoms with Gasteiger partial charge in [-0.3, -0.25) is 4.79 Å². The molecule has 0 amide bonds. The second-order valence-electron chi connectivity index (χ2n) is 4.48. The number of benzene rings is 1. The predicted molar refractivity (Wildman–Crippen MR) is 76.0 cm³/mol. The van der Waals surface area contributed by atoms with Gasteiger partial charge in [-0.2, -0.15) is 4.31 Å². The van der Waals surface area contributed by atoms with Crippen molar-refractivity contribution in [3.05, 3.63) is 27.2 Å². The maximum atomic E-state index is 12.4. The second kappa shape index (κ2) is 5.69. The van der Waals surface area contributed by atoms with Crippen molar-refractivity contribution in [3.8, 4) is 0 Å². The summed E-state index contributed by atoms with van der Waals surface area (Å²) in [6.45, 7) is 0.286. The number of halogens is 3. The minimum Gasteiger partial charge on any atom is -0.481 e. The highest BCUT2D eigenvalue weighted by atomic mass is 35.5. The van der Waals surface area contributed by atoms with Crippen molar-refractivity contribution in [3.63, 3.8) is 0 Å². The van der Waals surface area contributed by atoms with E-state index in [0.29, 0.717) is 0 Å². The minimum absolute atomic E-state index is 0.0517. The van der Waals surface area contributed by atoms with Gasteiger partial charge in [0.05, 0.1) is 16.5 Å². The Bertz CT molecular complexity index is 633. The van der Waals surface area contributed by atoms with E-state index in [1.54, 1.807) is 0 Å². The number of hydrogen-bond acceptors (Lipinski definition) is 3. The summed E-state index contributed by atoms with van der Waals surface area (Å²) in [4.78, 5) is 10.4. The molecule has 5 nitrogen and oxygen atoms in total. The van der Waals surface area contributed by atoms with E-state index in [2.05, 4.69) is 0 Å². The minimum atomic E-state index is -3.83. The van der Waals surface area contributed by atoms with Gasteiger partial charge in [0, 0.05) is 18.1 Å². The molecule has 0 saturated carbocycles. The van der Waals surface area contributed by atoms with Crippen molar-refractivity contribution in [2.45, 2.75) is 11.3 Å². The molecule has 0 spiro atoms. The first kappa shape index (κ1) is 15.9. The molecular formula is C11H10Cl3NO4S. The van der Waals surface area contributed by atoms with Gasteiger partial charge < -0.3 is 5.11 Å². The maximum Gasteiger partial charge on any atom is 0.303 e.